The molecule has 0 aliphatic rings. The summed E-state index contributed by atoms with van der Waals surface area (Å²) >= 11 is 0. The molecule has 0 fully saturated rings. The standard InChI is InChI=1S/C28H27N3O6S2/c1-19-4-8-23(9-5-19)31-39(35,36)27-18-21(7-6-20(27)2)28(32)29-22-12-16-26(17-13-22)38(33,34)30-24-10-14-25(37-3)15-11-24/h4-18,30-31H,1-3H3,(H,29,32). The highest BCUT2D eigenvalue weighted by atomic mass is 32.2. The highest BCUT2D eigenvalue weighted by Gasteiger charge is 2.20. The Kier molecular flexibility index (Phi) is 7.93. The van der Waals surface area contributed by atoms with Gasteiger partial charge in [-0.05, 0) is 92.2 Å². The predicted molar refractivity (Wildman–Crippen MR) is 151 cm³/mol. The van der Waals surface area contributed by atoms with Gasteiger partial charge in [-0.25, -0.2) is 16.8 Å². The van der Waals surface area contributed by atoms with Gasteiger partial charge in [0.2, 0.25) is 0 Å². The molecule has 3 N–H and O–H groups in total. The van der Waals surface area contributed by atoms with Crippen molar-refractivity contribution in [3.05, 3.63) is 108 Å². The van der Waals surface area contributed by atoms with Gasteiger partial charge in [-0.3, -0.25) is 14.2 Å². The number of carbonyl (C=O) groups is 1. The first kappa shape index (κ1) is 27.7. The van der Waals surface area contributed by atoms with E-state index >= 15 is 0 Å². The Balaban J connectivity index is 1.47. The molecule has 0 aliphatic carbocycles. The molecule has 0 aliphatic heterocycles. The van der Waals surface area contributed by atoms with E-state index in [1.807, 2.05) is 6.92 Å². The Morgan fingerprint density at radius 2 is 1.21 bits per heavy atom. The van der Waals surface area contributed by atoms with Gasteiger partial charge < -0.3 is 10.1 Å². The lowest BCUT2D eigenvalue weighted by Gasteiger charge is -2.13. The number of amides is 1. The zero-order chi connectivity index (χ0) is 28.2. The Bertz CT molecular complexity index is 1700. The SMILES string of the molecule is COc1ccc(NS(=O)(=O)c2ccc(NC(=O)c3ccc(C)c(S(=O)(=O)Nc4ccc(C)cc4)c3)cc2)cc1. The summed E-state index contributed by atoms with van der Waals surface area (Å²) in [5.41, 5.74) is 2.72. The van der Waals surface area contributed by atoms with Crippen LogP contribution in [0.15, 0.2) is 101 Å². The number of hydrogen-bond acceptors (Lipinski definition) is 6. The fourth-order valence-corrected chi connectivity index (χ4v) is 6.05. The van der Waals surface area contributed by atoms with E-state index < -0.39 is 26.0 Å². The first-order chi connectivity index (χ1) is 18.5. The van der Waals surface area contributed by atoms with Crippen LogP contribution in [0.3, 0.4) is 0 Å². The molecular weight excluding hydrogens is 538 g/mol. The summed E-state index contributed by atoms with van der Waals surface area (Å²) in [6.45, 7) is 3.54. The quantitative estimate of drug-likeness (QED) is 0.257. The van der Waals surface area contributed by atoms with Gasteiger partial charge in [0.25, 0.3) is 26.0 Å². The number of sulfonamides is 2. The summed E-state index contributed by atoms with van der Waals surface area (Å²) in [5, 5.41) is 2.67. The van der Waals surface area contributed by atoms with Crippen LogP contribution >= 0.6 is 0 Å². The maximum Gasteiger partial charge on any atom is 0.262 e. The Hall–Kier alpha value is -4.35. The minimum Gasteiger partial charge on any atom is -0.497 e. The van der Waals surface area contributed by atoms with Crippen LogP contribution in [0.5, 0.6) is 5.75 Å². The van der Waals surface area contributed by atoms with E-state index in [0.29, 0.717) is 28.4 Å². The van der Waals surface area contributed by atoms with Gasteiger partial charge >= 0.3 is 0 Å². The molecule has 4 aromatic rings. The van der Waals surface area contributed by atoms with E-state index in [0.717, 1.165) is 5.56 Å². The number of nitrogens with one attached hydrogen (secondary N) is 3. The molecule has 202 valence electrons. The number of hydrogen-bond donors (Lipinski definition) is 3. The molecule has 4 aromatic carbocycles. The molecule has 0 bridgehead atoms. The second-order valence-electron chi connectivity index (χ2n) is 8.76. The monoisotopic (exact) mass is 565 g/mol. The van der Waals surface area contributed by atoms with Crippen molar-refractivity contribution in [2.24, 2.45) is 0 Å². The van der Waals surface area contributed by atoms with E-state index in [2.05, 4.69) is 14.8 Å². The largest absolute Gasteiger partial charge is 0.497 e. The summed E-state index contributed by atoms with van der Waals surface area (Å²) in [7, 11) is -6.29. The number of benzene rings is 4. The van der Waals surface area contributed by atoms with E-state index in [9.17, 15) is 21.6 Å². The Labute approximate surface area is 228 Å². The smallest absolute Gasteiger partial charge is 0.262 e. The van der Waals surface area contributed by atoms with Crippen molar-refractivity contribution in [2.75, 3.05) is 21.9 Å². The van der Waals surface area contributed by atoms with E-state index in [1.165, 1.54) is 43.5 Å². The average molecular weight is 566 g/mol. The van der Waals surface area contributed by atoms with Gasteiger partial charge in [-0.1, -0.05) is 23.8 Å². The number of aryl methyl sites for hydroxylation is 2. The molecule has 0 saturated carbocycles. The van der Waals surface area contributed by atoms with Crippen molar-refractivity contribution in [3.63, 3.8) is 0 Å². The van der Waals surface area contributed by atoms with Crippen LogP contribution in [0.1, 0.15) is 21.5 Å². The molecule has 0 radical (unpaired) electrons. The van der Waals surface area contributed by atoms with Crippen molar-refractivity contribution < 1.29 is 26.4 Å². The van der Waals surface area contributed by atoms with Crippen molar-refractivity contribution in [3.8, 4) is 5.75 Å². The van der Waals surface area contributed by atoms with Gasteiger partial charge in [0.05, 0.1) is 16.9 Å². The topological polar surface area (TPSA) is 131 Å². The third-order valence-electron chi connectivity index (χ3n) is 5.81. The highest BCUT2D eigenvalue weighted by Crippen LogP contribution is 2.23. The van der Waals surface area contributed by atoms with Crippen LogP contribution in [0.4, 0.5) is 17.1 Å². The zero-order valence-corrected chi connectivity index (χ0v) is 23.1. The average Bonchev–Trinajstić information content (AvgIpc) is 2.90. The second-order valence-corrected chi connectivity index (χ2v) is 12.1. The van der Waals surface area contributed by atoms with Crippen LogP contribution < -0.4 is 19.5 Å². The minimum absolute atomic E-state index is 0.00205. The third kappa shape index (κ3) is 6.75. The van der Waals surface area contributed by atoms with Crippen molar-refractivity contribution in [1.82, 2.24) is 0 Å². The lowest BCUT2D eigenvalue weighted by Crippen LogP contribution is -2.17. The number of carbonyl (C=O) groups excluding carboxylic acids is 1. The molecule has 0 spiro atoms. The number of anilines is 3. The van der Waals surface area contributed by atoms with Gasteiger partial charge in [-0.2, -0.15) is 0 Å². The van der Waals surface area contributed by atoms with Crippen LogP contribution in [-0.4, -0.2) is 29.9 Å². The summed E-state index contributed by atoms with van der Waals surface area (Å²) in [6.07, 6.45) is 0. The first-order valence-electron chi connectivity index (χ1n) is 11.8. The molecule has 0 saturated heterocycles. The lowest BCUT2D eigenvalue weighted by atomic mass is 10.1. The third-order valence-corrected chi connectivity index (χ3v) is 8.73. The lowest BCUT2D eigenvalue weighted by molar-refractivity contribution is 0.102. The maximum atomic E-state index is 13.0. The minimum atomic E-state index is -3.95. The molecule has 0 heterocycles. The van der Waals surface area contributed by atoms with E-state index in [-0.39, 0.29) is 15.4 Å². The number of rotatable bonds is 9. The van der Waals surface area contributed by atoms with Crippen LogP contribution in [0, 0.1) is 13.8 Å². The van der Waals surface area contributed by atoms with Crippen molar-refractivity contribution >= 4 is 43.0 Å². The van der Waals surface area contributed by atoms with Crippen molar-refractivity contribution in [1.29, 1.82) is 0 Å². The zero-order valence-electron chi connectivity index (χ0n) is 21.4. The molecule has 9 nitrogen and oxygen atoms in total. The summed E-state index contributed by atoms with van der Waals surface area (Å²) in [5.74, 6) is 0.0487. The number of methoxy groups -OCH3 is 1. The van der Waals surface area contributed by atoms with E-state index in [4.69, 9.17) is 4.74 Å². The normalized spacial score (nSPS) is 11.5. The summed E-state index contributed by atoms with van der Waals surface area (Å²) < 4.78 is 61.6. The second kappa shape index (κ2) is 11.2. The summed E-state index contributed by atoms with van der Waals surface area (Å²) in [4.78, 5) is 12.9. The summed E-state index contributed by atoms with van der Waals surface area (Å²) in [6, 6.07) is 23.3. The fraction of sp³-hybridized carbons (Fsp3) is 0.107. The Morgan fingerprint density at radius 3 is 1.79 bits per heavy atom. The molecule has 4 rings (SSSR count). The predicted octanol–water partition coefficient (Wildman–Crippen LogP) is 5.17. The molecular formula is C28H27N3O6S2. The fourth-order valence-electron chi connectivity index (χ4n) is 3.66. The molecule has 11 heteroatoms. The maximum absolute atomic E-state index is 13.0. The molecule has 1 amide bonds. The van der Waals surface area contributed by atoms with Crippen LogP contribution in [0.25, 0.3) is 0 Å². The first-order valence-corrected chi connectivity index (χ1v) is 14.7. The van der Waals surface area contributed by atoms with Gasteiger partial charge in [0, 0.05) is 22.6 Å². The van der Waals surface area contributed by atoms with Crippen molar-refractivity contribution in [2.45, 2.75) is 23.6 Å². The number of ether oxygens (including phenoxy) is 1. The molecule has 0 aromatic heterocycles. The highest BCUT2D eigenvalue weighted by molar-refractivity contribution is 7.93. The molecule has 0 unspecified atom stereocenters. The van der Waals surface area contributed by atoms with Gasteiger partial charge in [0.15, 0.2) is 0 Å². The molecule has 39 heavy (non-hydrogen) atoms. The van der Waals surface area contributed by atoms with Crippen LogP contribution in [0.2, 0.25) is 0 Å². The van der Waals surface area contributed by atoms with Gasteiger partial charge in [0.1, 0.15) is 5.75 Å². The van der Waals surface area contributed by atoms with E-state index in [1.54, 1.807) is 61.5 Å². The molecule has 0 atom stereocenters. The van der Waals surface area contributed by atoms with Crippen LogP contribution in [-0.2, 0) is 20.0 Å². The Morgan fingerprint density at radius 1 is 0.667 bits per heavy atom. The van der Waals surface area contributed by atoms with Gasteiger partial charge in [-0.15, -0.1) is 0 Å².